The molecule has 0 unspecified atom stereocenters. The number of fused-ring (bicyclic) bond motifs is 1. The van der Waals surface area contributed by atoms with E-state index in [2.05, 4.69) is 34.3 Å². The van der Waals surface area contributed by atoms with Gasteiger partial charge in [-0.1, -0.05) is 31.5 Å². The number of alkyl halides is 3. The van der Waals surface area contributed by atoms with Gasteiger partial charge in [0.05, 0.1) is 22.8 Å². The minimum atomic E-state index is -4.47. The Hall–Kier alpha value is -2.98. The minimum Gasteiger partial charge on any atom is -0.381 e. The van der Waals surface area contributed by atoms with Crippen molar-refractivity contribution < 1.29 is 22.7 Å². The molecule has 1 amide bonds. The van der Waals surface area contributed by atoms with Crippen LogP contribution in [-0.2, 0) is 17.8 Å². The van der Waals surface area contributed by atoms with Gasteiger partial charge < -0.3 is 15.0 Å². The van der Waals surface area contributed by atoms with E-state index < -0.39 is 12.7 Å². The van der Waals surface area contributed by atoms with Crippen LogP contribution in [0, 0.1) is 5.92 Å². The summed E-state index contributed by atoms with van der Waals surface area (Å²) in [6.45, 7) is 4.39. The average Bonchev–Trinajstić information content (AvgIpc) is 3.27. The predicted octanol–water partition coefficient (Wildman–Crippen LogP) is 5.05. The molecule has 1 N–H and O–H groups in total. The van der Waals surface area contributed by atoms with Crippen molar-refractivity contribution >= 4 is 16.9 Å². The number of amides is 1. The second-order valence-corrected chi connectivity index (χ2v) is 9.77. The third-order valence-corrected chi connectivity index (χ3v) is 6.64. The van der Waals surface area contributed by atoms with Crippen molar-refractivity contribution in [2.45, 2.75) is 51.9 Å². The highest BCUT2D eigenvalue weighted by Crippen LogP contribution is 2.28. The molecule has 3 heterocycles. The lowest BCUT2D eigenvalue weighted by molar-refractivity contribution is -0.141. The van der Waals surface area contributed by atoms with Gasteiger partial charge in [-0.2, -0.15) is 18.3 Å². The number of hydrogen-bond donors (Lipinski definition) is 1. The van der Waals surface area contributed by atoms with Gasteiger partial charge >= 0.3 is 6.18 Å². The number of rotatable bonds is 10. The van der Waals surface area contributed by atoms with Crippen LogP contribution in [0.25, 0.3) is 22.3 Å². The van der Waals surface area contributed by atoms with Crippen molar-refractivity contribution in [3.05, 3.63) is 47.7 Å². The van der Waals surface area contributed by atoms with E-state index in [1.165, 1.54) is 6.20 Å². The molecule has 0 saturated carbocycles. The molecule has 0 aliphatic carbocycles. The number of pyridine rings is 1. The summed E-state index contributed by atoms with van der Waals surface area (Å²) in [6, 6.07) is 9.41. The molecule has 0 bridgehead atoms. The number of nitrogens with zero attached hydrogens (tertiary/aromatic N) is 4. The lowest BCUT2D eigenvalue weighted by Crippen LogP contribution is -2.32. The fourth-order valence-electron chi connectivity index (χ4n) is 4.60. The Balaban J connectivity index is 1.67. The molecule has 0 atom stereocenters. The lowest BCUT2D eigenvalue weighted by Gasteiger charge is -2.22. The van der Waals surface area contributed by atoms with Crippen LogP contribution < -0.4 is 5.32 Å². The quantitative estimate of drug-likeness (QED) is 0.408. The van der Waals surface area contributed by atoms with Gasteiger partial charge in [-0.25, -0.2) is 9.67 Å². The summed E-state index contributed by atoms with van der Waals surface area (Å²) in [5, 5.41) is 7.19. The highest BCUT2D eigenvalue weighted by atomic mass is 19.4. The van der Waals surface area contributed by atoms with E-state index in [4.69, 9.17) is 4.74 Å². The molecule has 0 spiro atoms. The first-order valence-electron chi connectivity index (χ1n) is 12.8. The van der Waals surface area contributed by atoms with Crippen molar-refractivity contribution in [3.8, 4) is 11.3 Å². The molecule has 37 heavy (non-hydrogen) atoms. The Morgan fingerprint density at radius 2 is 2.03 bits per heavy atom. The fraction of sp³-hybridized carbons (Fsp3) is 0.519. The van der Waals surface area contributed by atoms with E-state index in [-0.39, 0.29) is 17.1 Å². The number of aromatic nitrogens is 3. The molecule has 0 radical (unpaired) electrons. The van der Waals surface area contributed by atoms with Crippen LogP contribution in [0.4, 0.5) is 13.2 Å². The molecule has 1 saturated heterocycles. The summed E-state index contributed by atoms with van der Waals surface area (Å²) in [6.07, 6.45) is 0.759. The number of ether oxygens (including phenoxy) is 1. The summed E-state index contributed by atoms with van der Waals surface area (Å²) in [4.78, 5) is 20.0. The maximum absolute atomic E-state index is 13.3. The zero-order valence-electron chi connectivity index (χ0n) is 21.4. The molecule has 1 aliphatic heterocycles. The van der Waals surface area contributed by atoms with Gasteiger partial charge in [-0.15, -0.1) is 0 Å². The average molecular weight is 518 g/mol. The largest absolute Gasteiger partial charge is 0.408 e. The van der Waals surface area contributed by atoms with Crippen molar-refractivity contribution in [3.63, 3.8) is 0 Å². The fourth-order valence-corrected chi connectivity index (χ4v) is 4.60. The summed E-state index contributed by atoms with van der Waals surface area (Å²) < 4.78 is 45.9. The molecule has 1 fully saturated rings. The Labute approximate surface area is 215 Å². The van der Waals surface area contributed by atoms with E-state index in [0.29, 0.717) is 36.8 Å². The molecular formula is C27H34F3N5O2. The van der Waals surface area contributed by atoms with Crippen molar-refractivity contribution in [1.29, 1.82) is 0 Å². The van der Waals surface area contributed by atoms with Crippen LogP contribution in [0.15, 0.2) is 36.5 Å². The van der Waals surface area contributed by atoms with Gasteiger partial charge in [0, 0.05) is 31.9 Å². The zero-order chi connectivity index (χ0) is 26.4. The summed E-state index contributed by atoms with van der Waals surface area (Å²) in [5.41, 5.74) is 2.54. The van der Waals surface area contributed by atoms with Gasteiger partial charge in [0.15, 0.2) is 5.65 Å². The predicted molar refractivity (Wildman–Crippen MR) is 136 cm³/mol. The second kappa shape index (κ2) is 12.0. The normalized spacial score (nSPS) is 15.0. The number of nitrogens with one attached hydrogen (secondary N) is 1. The van der Waals surface area contributed by atoms with Gasteiger partial charge in [0.1, 0.15) is 6.54 Å². The standard InChI is InChI=1S/C27H34F3N5O2/c1-3-4-10-34(2)17-20-6-5-7-21(13-20)24-14-22(26(36)31-15-19-8-11-37-12-9-19)23-16-32-35(25(23)33-24)18-27(28,29)30/h5-7,13-14,16,19H,3-4,8-12,15,17-18H2,1-2H3,(H,31,36). The van der Waals surface area contributed by atoms with Gasteiger partial charge in [0.25, 0.3) is 5.91 Å². The Morgan fingerprint density at radius 3 is 2.76 bits per heavy atom. The minimum absolute atomic E-state index is 0.0384. The summed E-state index contributed by atoms with van der Waals surface area (Å²) >= 11 is 0. The van der Waals surface area contributed by atoms with Crippen molar-refractivity contribution in [2.24, 2.45) is 5.92 Å². The van der Waals surface area contributed by atoms with Crippen LogP contribution in [0.2, 0.25) is 0 Å². The first-order chi connectivity index (χ1) is 17.7. The molecule has 10 heteroatoms. The number of unbranched alkanes of at least 4 members (excludes halogenated alkanes) is 1. The third-order valence-electron chi connectivity index (χ3n) is 6.64. The third kappa shape index (κ3) is 7.29. The van der Waals surface area contributed by atoms with Crippen LogP contribution in [0.3, 0.4) is 0 Å². The van der Waals surface area contributed by atoms with E-state index in [9.17, 15) is 18.0 Å². The Morgan fingerprint density at radius 1 is 1.24 bits per heavy atom. The number of carbonyl (C=O) groups excluding carboxylic acids is 1. The summed E-state index contributed by atoms with van der Waals surface area (Å²) in [7, 11) is 2.06. The van der Waals surface area contributed by atoms with E-state index >= 15 is 0 Å². The highest BCUT2D eigenvalue weighted by molar-refractivity contribution is 6.06. The lowest BCUT2D eigenvalue weighted by atomic mass is 10.00. The number of carbonyl (C=O) groups is 1. The smallest absolute Gasteiger partial charge is 0.381 e. The van der Waals surface area contributed by atoms with Crippen LogP contribution in [0.1, 0.15) is 48.5 Å². The monoisotopic (exact) mass is 517 g/mol. The van der Waals surface area contributed by atoms with Crippen molar-refractivity contribution in [2.75, 3.05) is 33.4 Å². The highest BCUT2D eigenvalue weighted by Gasteiger charge is 2.30. The summed E-state index contributed by atoms with van der Waals surface area (Å²) in [5.74, 6) is -0.0361. The van der Waals surface area contributed by atoms with Crippen LogP contribution in [0.5, 0.6) is 0 Å². The molecule has 7 nitrogen and oxygen atoms in total. The molecule has 3 aromatic rings. The number of hydrogen-bond acceptors (Lipinski definition) is 5. The van der Waals surface area contributed by atoms with Crippen LogP contribution >= 0.6 is 0 Å². The molecule has 1 aliphatic rings. The van der Waals surface area contributed by atoms with Gasteiger partial charge in [-0.05, 0) is 56.5 Å². The zero-order valence-corrected chi connectivity index (χ0v) is 21.4. The number of benzene rings is 1. The van der Waals surface area contributed by atoms with E-state index in [0.717, 1.165) is 54.6 Å². The Bertz CT molecular complexity index is 1200. The van der Waals surface area contributed by atoms with Crippen molar-refractivity contribution in [1.82, 2.24) is 25.0 Å². The Kier molecular flexibility index (Phi) is 8.81. The van der Waals surface area contributed by atoms with Gasteiger partial charge in [0.2, 0.25) is 0 Å². The SMILES string of the molecule is CCCCN(C)Cc1cccc(-c2cc(C(=O)NCC3CCOCC3)c3cnn(CC(F)(F)F)c3n2)c1. The van der Waals surface area contributed by atoms with Gasteiger partial charge in [-0.3, -0.25) is 4.79 Å². The molecule has 2 aromatic heterocycles. The maximum atomic E-state index is 13.3. The molecule has 4 rings (SSSR count). The first-order valence-corrected chi connectivity index (χ1v) is 12.8. The second-order valence-electron chi connectivity index (χ2n) is 9.77. The maximum Gasteiger partial charge on any atom is 0.408 e. The van der Waals surface area contributed by atoms with E-state index in [1.54, 1.807) is 6.07 Å². The van der Waals surface area contributed by atoms with E-state index in [1.807, 2.05) is 24.3 Å². The first kappa shape index (κ1) is 27.1. The molecular weight excluding hydrogens is 483 g/mol. The number of halogens is 3. The van der Waals surface area contributed by atoms with Crippen LogP contribution in [-0.4, -0.2) is 65.1 Å². The molecule has 200 valence electrons. The topological polar surface area (TPSA) is 72.3 Å². The molecule has 1 aromatic carbocycles.